The molecule has 1 amide bonds. The molecule has 0 aromatic heterocycles. The molecule has 0 bridgehead atoms. The SMILES string of the molecule is NC[C@H]1O[C@H](OC2[C@@H](N)C[C@@H](NC(=O)C3(O)CC(N)C3)[C@H](O[C@H]3O[C@H](CO)[C@@H](O)[C@H](N)[C@H]3O)[C@H]2O)[C@H](NCC2CC(N)C2)[C@@H](O)[C@@H]1O. The largest absolute Gasteiger partial charge is 0.394 e. The predicted octanol–water partition coefficient (Wildman–Crippen LogP) is -7.95. The van der Waals surface area contributed by atoms with Crippen LogP contribution in [-0.2, 0) is 23.7 Å². The number of nitrogens with two attached hydrogens (primary N) is 5. The number of rotatable bonds is 11. The topological polar surface area (TPSA) is 350 Å². The van der Waals surface area contributed by atoms with Gasteiger partial charge >= 0.3 is 0 Å². The van der Waals surface area contributed by atoms with E-state index in [0.29, 0.717) is 6.54 Å². The highest BCUT2D eigenvalue weighted by molar-refractivity contribution is 5.86. The Bertz CT molecular complexity index is 1060. The molecule has 19 heteroatoms. The molecule has 272 valence electrons. The third-order valence-corrected chi connectivity index (χ3v) is 10.3. The Kier molecular flexibility index (Phi) is 11.8. The lowest BCUT2D eigenvalue weighted by Gasteiger charge is -2.50. The lowest BCUT2D eigenvalue weighted by molar-refractivity contribution is -0.321. The van der Waals surface area contributed by atoms with Crippen LogP contribution in [0.1, 0.15) is 32.1 Å². The number of hydrogen-bond acceptors (Lipinski definition) is 18. The van der Waals surface area contributed by atoms with Crippen molar-refractivity contribution in [1.82, 2.24) is 10.6 Å². The lowest BCUT2D eigenvalue weighted by atomic mass is 9.75. The van der Waals surface area contributed by atoms with Gasteiger partial charge in [-0.1, -0.05) is 0 Å². The van der Waals surface area contributed by atoms with E-state index in [2.05, 4.69) is 10.6 Å². The van der Waals surface area contributed by atoms with Gasteiger partial charge in [-0.3, -0.25) is 4.79 Å². The standard InChI is InChI=1S/C28H53N7O12/c29-6-14-19(38)21(40)17(34-7-9-1-10(30)2-9)25(44-14)46-23-12(32)3-13(35-27(42)28(43)4-11(31)5-28)24(22(23)41)47-26-20(39)16(33)18(37)15(8-36)45-26/h9-26,34,36-41,43H,1-8,29-33H2,(H,35,42)/t9?,10?,11?,12-,13+,14+,15+,16-,17+,18+,19+,20+,21+,22-,23?,24-,25+,26+,28?/m0/s1. The van der Waals surface area contributed by atoms with Gasteiger partial charge in [-0.2, -0.15) is 0 Å². The van der Waals surface area contributed by atoms with Crippen LogP contribution in [0.3, 0.4) is 0 Å². The Morgan fingerprint density at radius 1 is 0.809 bits per heavy atom. The van der Waals surface area contributed by atoms with E-state index in [4.69, 9.17) is 47.6 Å². The lowest BCUT2D eigenvalue weighted by Crippen LogP contribution is -2.71. The molecule has 19 nitrogen and oxygen atoms in total. The average Bonchev–Trinajstić information content (AvgIpc) is 3.00. The van der Waals surface area contributed by atoms with E-state index in [1.807, 2.05) is 0 Å². The van der Waals surface area contributed by atoms with E-state index >= 15 is 0 Å². The second-order valence-electron chi connectivity index (χ2n) is 13.9. The van der Waals surface area contributed by atoms with E-state index in [1.165, 1.54) is 0 Å². The summed E-state index contributed by atoms with van der Waals surface area (Å²) in [4.78, 5) is 13.1. The molecule has 2 aliphatic heterocycles. The smallest absolute Gasteiger partial charge is 0.252 e. The summed E-state index contributed by atoms with van der Waals surface area (Å²) in [5, 5.41) is 80.8. The molecule has 0 spiro atoms. The summed E-state index contributed by atoms with van der Waals surface area (Å²) in [6.07, 6.45) is -13.6. The number of carbonyl (C=O) groups excluding carboxylic acids is 1. The Morgan fingerprint density at radius 3 is 2.04 bits per heavy atom. The normalized spacial score (nSPS) is 51.9. The highest BCUT2D eigenvalue weighted by Crippen LogP contribution is 2.35. The summed E-state index contributed by atoms with van der Waals surface area (Å²) < 4.78 is 23.8. The first-order valence-electron chi connectivity index (χ1n) is 16.3. The van der Waals surface area contributed by atoms with Gasteiger partial charge in [0.25, 0.3) is 5.91 Å². The Balaban J connectivity index is 1.37. The van der Waals surface area contributed by atoms with Gasteiger partial charge in [0.1, 0.15) is 60.5 Å². The molecule has 47 heavy (non-hydrogen) atoms. The van der Waals surface area contributed by atoms with E-state index in [1.54, 1.807) is 0 Å². The van der Waals surface area contributed by atoms with Crippen molar-refractivity contribution in [3.63, 3.8) is 0 Å². The van der Waals surface area contributed by atoms with Gasteiger partial charge < -0.3 is 94.0 Å². The average molecular weight is 680 g/mol. The zero-order valence-corrected chi connectivity index (χ0v) is 26.1. The van der Waals surface area contributed by atoms with E-state index in [0.717, 1.165) is 12.8 Å². The molecule has 2 heterocycles. The molecule has 0 aromatic rings. The van der Waals surface area contributed by atoms with Crippen LogP contribution in [0.5, 0.6) is 0 Å². The van der Waals surface area contributed by atoms with Crippen molar-refractivity contribution in [3.8, 4) is 0 Å². The van der Waals surface area contributed by atoms with Crippen LogP contribution in [-0.4, -0.2) is 171 Å². The van der Waals surface area contributed by atoms with Gasteiger partial charge in [0.15, 0.2) is 12.6 Å². The third-order valence-electron chi connectivity index (χ3n) is 10.3. The molecular formula is C28H53N7O12. The molecule has 3 aliphatic carbocycles. The molecule has 1 unspecified atom stereocenters. The van der Waals surface area contributed by atoms with Crippen molar-refractivity contribution in [3.05, 3.63) is 0 Å². The monoisotopic (exact) mass is 679 g/mol. The number of aliphatic hydroxyl groups is 7. The van der Waals surface area contributed by atoms with Crippen molar-refractivity contribution >= 4 is 5.91 Å². The maximum Gasteiger partial charge on any atom is 0.252 e. The van der Waals surface area contributed by atoms with Crippen LogP contribution in [0.25, 0.3) is 0 Å². The van der Waals surface area contributed by atoms with Crippen molar-refractivity contribution in [2.45, 2.75) is 141 Å². The Morgan fingerprint density at radius 2 is 1.45 bits per heavy atom. The summed E-state index contributed by atoms with van der Waals surface area (Å²) in [5.41, 5.74) is 28.2. The zero-order valence-electron chi connectivity index (χ0n) is 26.1. The van der Waals surface area contributed by atoms with Crippen LogP contribution in [0.4, 0.5) is 0 Å². The van der Waals surface area contributed by atoms with E-state index in [-0.39, 0.29) is 43.8 Å². The molecule has 15 atom stereocenters. The van der Waals surface area contributed by atoms with Gasteiger partial charge in [0, 0.05) is 37.5 Å². The minimum absolute atomic E-state index is 0.0173. The Labute approximate surface area is 272 Å². The summed E-state index contributed by atoms with van der Waals surface area (Å²) in [5.74, 6) is -0.526. The van der Waals surface area contributed by atoms with Gasteiger partial charge in [-0.25, -0.2) is 0 Å². The molecule has 3 saturated carbocycles. The van der Waals surface area contributed by atoms with Crippen LogP contribution in [0.2, 0.25) is 0 Å². The van der Waals surface area contributed by atoms with Crippen molar-refractivity contribution < 1.29 is 59.5 Å². The zero-order chi connectivity index (χ0) is 34.4. The van der Waals surface area contributed by atoms with Crippen molar-refractivity contribution in [1.29, 1.82) is 0 Å². The molecule has 5 rings (SSSR count). The predicted molar refractivity (Wildman–Crippen MR) is 160 cm³/mol. The summed E-state index contributed by atoms with van der Waals surface area (Å²) in [7, 11) is 0. The van der Waals surface area contributed by atoms with E-state index < -0.39 is 110 Å². The first-order valence-corrected chi connectivity index (χ1v) is 16.3. The van der Waals surface area contributed by atoms with Gasteiger partial charge in [0.05, 0.1) is 24.7 Å². The minimum atomic E-state index is -1.74. The van der Waals surface area contributed by atoms with E-state index in [9.17, 15) is 40.5 Å². The second-order valence-corrected chi connectivity index (χ2v) is 13.9. The minimum Gasteiger partial charge on any atom is -0.394 e. The maximum atomic E-state index is 13.1. The Hall–Kier alpha value is -1.21. The van der Waals surface area contributed by atoms with Gasteiger partial charge in [-0.05, 0) is 31.7 Å². The first kappa shape index (κ1) is 37.1. The highest BCUT2D eigenvalue weighted by Gasteiger charge is 2.54. The van der Waals surface area contributed by atoms with Gasteiger partial charge in [-0.15, -0.1) is 0 Å². The van der Waals surface area contributed by atoms with Crippen LogP contribution in [0, 0.1) is 5.92 Å². The first-order chi connectivity index (χ1) is 22.2. The number of aliphatic hydroxyl groups excluding tert-OH is 6. The third kappa shape index (κ3) is 7.61. The van der Waals surface area contributed by atoms with Gasteiger partial charge in [0.2, 0.25) is 0 Å². The quantitative estimate of drug-likeness (QED) is 0.0963. The molecule has 5 fully saturated rings. The fourth-order valence-corrected chi connectivity index (χ4v) is 7.29. The number of amides is 1. The molecule has 2 saturated heterocycles. The molecule has 0 aromatic carbocycles. The molecule has 19 N–H and O–H groups in total. The van der Waals surface area contributed by atoms with Crippen molar-refractivity contribution in [2.75, 3.05) is 19.7 Å². The van der Waals surface area contributed by atoms with Crippen LogP contribution >= 0.6 is 0 Å². The van der Waals surface area contributed by atoms with Crippen LogP contribution in [0.15, 0.2) is 0 Å². The highest BCUT2D eigenvalue weighted by atomic mass is 16.7. The number of nitrogens with one attached hydrogen (secondary N) is 2. The fraction of sp³-hybridized carbons (Fsp3) is 0.964. The number of ether oxygens (including phenoxy) is 4. The fourth-order valence-electron chi connectivity index (χ4n) is 7.29. The number of hydrogen-bond donors (Lipinski definition) is 14. The summed E-state index contributed by atoms with van der Waals surface area (Å²) >= 11 is 0. The summed E-state index contributed by atoms with van der Waals surface area (Å²) in [6.45, 7) is -0.363. The van der Waals surface area contributed by atoms with Crippen LogP contribution < -0.4 is 39.3 Å². The maximum absolute atomic E-state index is 13.1. The molecule has 0 radical (unpaired) electrons. The molecular weight excluding hydrogens is 626 g/mol. The summed E-state index contributed by atoms with van der Waals surface area (Å²) in [6, 6.07) is -4.57. The second kappa shape index (κ2) is 15.0. The molecule has 5 aliphatic rings. The number of carbonyl (C=O) groups is 1. The van der Waals surface area contributed by atoms with Crippen molar-refractivity contribution in [2.24, 2.45) is 34.6 Å².